The van der Waals surface area contributed by atoms with Gasteiger partial charge in [-0.2, -0.15) is 0 Å². The van der Waals surface area contributed by atoms with Crippen LogP contribution in [0.15, 0.2) is 36.0 Å². The van der Waals surface area contributed by atoms with E-state index in [-0.39, 0.29) is 5.97 Å². The topological polar surface area (TPSA) is 26.3 Å². The summed E-state index contributed by atoms with van der Waals surface area (Å²) in [6.07, 6.45) is 17.9. The van der Waals surface area contributed by atoms with Gasteiger partial charge in [0.2, 0.25) is 0 Å². The molecule has 2 unspecified atom stereocenters. The molecule has 0 aliphatic heterocycles. The summed E-state index contributed by atoms with van der Waals surface area (Å²) in [6.45, 7) is 12.0. The van der Waals surface area contributed by atoms with Gasteiger partial charge in [0, 0.05) is 6.08 Å². The number of hydrogen-bond donors (Lipinski definition) is 0. The van der Waals surface area contributed by atoms with Crippen molar-refractivity contribution in [2.75, 3.05) is 6.61 Å². The van der Waals surface area contributed by atoms with Crippen molar-refractivity contribution < 1.29 is 9.53 Å². The third kappa shape index (κ3) is 11.0. The SMILES string of the molecule is CCC1=CC=CC(C=CC(=O)OCCCCCC(C)CC(C)(C)C)C1. The molecule has 0 N–H and O–H groups in total. The Morgan fingerprint density at radius 2 is 2.08 bits per heavy atom. The molecule has 1 aliphatic rings. The maximum Gasteiger partial charge on any atom is 0.330 e. The Balaban J connectivity index is 2.08. The molecule has 0 aromatic rings. The monoisotopic (exact) mass is 346 g/mol. The van der Waals surface area contributed by atoms with E-state index in [4.69, 9.17) is 4.74 Å². The number of carbonyl (C=O) groups is 1. The van der Waals surface area contributed by atoms with Crippen LogP contribution in [0.4, 0.5) is 0 Å². The van der Waals surface area contributed by atoms with Gasteiger partial charge in [0.05, 0.1) is 6.61 Å². The van der Waals surface area contributed by atoms with Crippen molar-refractivity contribution in [2.24, 2.45) is 17.3 Å². The predicted octanol–water partition coefficient (Wildman–Crippen LogP) is 6.63. The number of rotatable bonds is 10. The molecule has 1 aliphatic carbocycles. The fourth-order valence-corrected chi connectivity index (χ4v) is 3.51. The van der Waals surface area contributed by atoms with Crippen molar-refractivity contribution in [2.45, 2.75) is 79.6 Å². The van der Waals surface area contributed by atoms with Gasteiger partial charge in [-0.1, -0.05) is 83.8 Å². The third-order valence-electron chi connectivity index (χ3n) is 4.67. The average Bonchev–Trinajstić information content (AvgIpc) is 2.54. The normalized spacial score (nSPS) is 19.1. The molecule has 0 fully saturated rings. The van der Waals surface area contributed by atoms with E-state index < -0.39 is 0 Å². The van der Waals surface area contributed by atoms with Crippen molar-refractivity contribution >= 4 is 5.97 Å². The van der Waals surface area contributed by atoms with Crippen LogP contribution >= 0.6 is 0 Å². The van der Waals surface area contributed by atoms with E-state index in [1.165, 1.54) is 24.8 Å². The molecule has 0 aromatic carbocycles. The van der Waals surface area contributed by atoms with Crippen LogP contribution in [-0.4, -0.2) is 12.6 Å². The molecule has 2 nitrogen and oxygen atoms in total. The van der Waals surface area contributed by atoms with Gasteiger partial charge >= 0.3 is 5.97 Å². The van der Waals surface area contributed by atoms with Gasteiger partial charge < -0.3 is 4.74 Å². The van der Waals surface area contributed by atoms with Gasteiger partial charge in [-0.05, 0) is 42.9 Å². The second kappa shape index (κ2) is 11.3. The number of allylic oxidation sites excluding steroid dienone is 5. The highest BCUT2D eigenvalue weighted by Crippen LogP contribution is 2.27. The van der Waals surface area contributed by atoms with Crippen LogP contribution in [0.5, 0.6) is 0 Å². The highest BCUT2D eigenvalue weighted by molar-refractivity contribution is 5.81. The van der Waals surface area contributed by atoms with Crippen LogP contribution in [-0.2, 0) is 9.53 Å². The quantitative estimate of drug-likeness (QED) is 0.252. The Kier molecular flexibility index (Phi) is 9.85. The molecule has 0 bridgehead atoms. The highest BCUT2D eigenvalue weighted by Gasteiger charge is 2.14. The van der Waals surface area contributed by atoms with E-state index in [2.05, 4.69) is 52.8 Å². The first-order chi connectivity index (χ1) is 11.8. The zero-order valence-electron chi connectivity index (χ0n) is 17.0. The summed E-state index contributed by atoms with van der Waals surface area (Å²) >= 11 is 0. The molecule has 0 amide bonds. The Morgan fingerprint density at radius 1 is 1.32 bits per heavy atom. The minimum atomic E-state index is -0.206. The molecule has 2 atom stereocenters. The fourth-order valence-electron chi connectivity index (χ4n) is 3.51. The van der Waals surface area contributed by atoms with E-state index in [1.807, 2.05) is 6.08 Å². The molecular formula is C23H38O2. The summed E-state index contributed by atoms with van der Waals surface area (Å²) in [6, 6.07) is 0. The third-order valence-corrected chi connectivity index (χ3v) is 4.67. The first kappa shape index (κ1) is 21.7. The van der Waals surface area contributed by atoms with Crippen LogP contribution in [0.25, 0.3) is 0 Å². The lowest BCUT2D eigenvalue weighted by molar-refractivity contribution is -0.137. The predicted molar refractivity (Wildman–Crippen MR) is 107 cm³/mol. The maximum absolute atomic E-state index is 11.8. The molecule has 25 heavy (non-hydrogen) atoms. The van der Waals surface area contributed by atoms with Crippen molar-refractivity contribution in [3.63, 3.8) is 0 Å². The summed E-state index contributed by atoms with van der Waals surface area (Å²) in [4.78, 5) is 11.8. The van der Waals surface area contributed by atoms with E-state index in [1.54, 1.807) is 6.08 Å². The molecule has 0 saturated heterocycles. The van der Waals surface area contributed by atoms with Crippen LogP contribution in [0, 0.1) is 17.3 Å². The first-order valence-corrected chi connectivity index (χ1v) is 10.0. The molecular weight excluding hydrogens is 308 g/mol. The summed E-state index contributed by atoms with van der Waals surface area (Å²) in [5.74, 6) is 0.898. The van der Waals surface area contributed by atoms with Gasteiger partial charge in [0.25, 0.3) is 0 Å². The molecule has 0 radical (unpaired) electrons. The second-order valence-corrected chi connectivity index (χ2v) is 8.68. The van der Waals surface area contributed by atoms with Gasteiger partial charge in [-0.3, -0.25) is 0 Å². The number of esters is 1. The highest BCUT2D eigenvalue weighted by atomic mass is 16.5. The zero-order valence-corrected chi connectivity index (χ0v) is 17.0. The van der Waals surface area contributed by atoms with Gasteiger partial charge in [-0.15, -0.1) is 0 Å². The molecule has 0 saturated carbocycles. The van der Waals surface area contributed by atoms with E-state index in [9.17, 15) is 4.79 Å². The van der Waals surface area contributed by atoms with Crippen LogP contribution < -0.4 is 0 Å². The van der Waals surface area contributed by atoms with E-state index in [0.717, 1.165) is 31.6 Å². The molecule has 0 spiro atoms. The zero-order chi connectivity index (χ0) is 18.7. The molecule has 1 rings (SSSR count). The summed E-state index contributed by atoms with van der Waals surface area (Å²) in [5.41, 5.74) is 1.86. The van der Waals surface area contributed by atoms with E-state index in [0.29, 0.717) is 17.9 Å². The van der Waals surface area contributed by atoms with Gasteiger partial charge in [-0.25, -0.2) is 4.79 Å². The lowest BCUT2D eigenvalue weighted by Crippen LogP contribution is -2.11. The van der Waals surface area contributed by atoms with Crippen LogP contribution in [0.1, 0.15) is 79.6 Å². The summed E-state index contributed by atoms with van der Waals surface area (Å²) in [7, 11) is 0. The lowest BCUT2D eigenvalue weighted by atomic mass is 9.83. The smallest absolute Gasteiger partial charge is 0.330 e. The summed E-state index contributed by atoms with van der Waals surface area (Å²) < 4.78 is 5.31. The van der Waals surface area contributed by atoms with Gasteiger partial charge in [0.1, 0.15) is 0 Å². The number of unbranched alkanes of at least 4 members (excludes halogenated alkanes) is 2. The largest absolute Gasteiger partial charge is 0.463 e. The Bertz CT molecular complexity index is 477. The van der Waals surface area contributed by atoms with Crippen molar-refractivity contribution in [1.29, 1.82) is 0 Å². The molecule has 2 heteroatoms. The number of ether oxygens (including phenoxy) is 1. The number of carbonyl (C=O) groups excluding carboxylic acids is 1. The van der Waals surface area contributed by atoms with Gasteiger partial charge in [0.15, 0.2) is 0 Å². The van der Waals surface area contributed by atoms with Crippen molar-refractivity contribution in [3.8, 4) is 0 Å². The van der Waals surface area contributed by atoms with Crippen LogP contribution in [0.3, 0.4) is 0 Å². The maximum atomic E-state index is 11.8. The molecule has 0 heterocycles. The summed E-state index contributed by atoms with van der Waals surface area (Å²) in [5, 5.41) is 0. The molecule has 142 valence electrons. The Morgan fingerprint density at radius 3 is 2.76 bits per heavy atom. The fraction of sp³-hybridized carbons (Fsp3) is 0.696. The minimum Gasteiger partial charge on any atom is -0.463 e. The minimum absolute atomic E-state index is 0.206. The average molecular weight is 347 g/mol. The van der Waals surface area contributed by atoms with Crippen molar-refractivity contribution in [3.05, 3.63) is 36.0 Å². The standard InChI is InChI=1S/C23H38O2/c1-6-20-12-10-13-21(17-20)14-15-22(24)25-16-9-7-8-11-19(2)18-23(3,4)5/h10,12-15,19,21H,6-9,11,16-18H2,1-5H3. The Hall–Kier alpha value is -1.31. The Labute approximate surface area is 155 Å². The lowest BCUT2D eigenvalue weighted by Gasteiger charge is -2.23. The first-order valence-electron chi connectivity index (χ1n) is 10.0. The van der Waals surface area contributed by atoms with E-state index >= 15 is 0 Å². The molecule has 0 aromatic heterocycles. The second-order valence-electron chi connectivity index (χ2n) is 8.68. The van der Waals surface area contributed by atoms with Crippen molar-refractivity contribution in [1.82, 2.24) is 0 Å². The van der Waals surface area contributed by atoms with Crippen LogP contribution in [0.2, 0.25) is 0 Å². The number of hydrogen-bond acceptors (Lipinski definition) is 2.